The monoisotopic (exact) mass is 389 g/mol. The summed E-state index contributed by atoms with van der Waals surface area (Å²) in [5.41, 5.74) is -0.433. The molecule has 0 spiro atoms. The van der Waals surface area contributed by atoms with Gasteiger partial charge in [-0.05, 0) is 12.8 Å². The number of anilines is 1. The Hall–Kier alpha value is -3.17. The number of carbonyl (C=O) groups is 2. The zero-order valence-corrected chi connectivity index (χ0v) is 16.1. The zero-order chi connectivity index (χ0) is 20.4. The summed E-state index contributed by atoms with van der Waals surface area (Å²) in [6.45, 7) is 2.79. The Bertz CT molecular complexity index is 929. The fourth-order valence-corrected chi connectivity index (χ4v) is 3.40. The van der Waals surface area contributed by atoms with Crippen molar-refractivity contribution in [3.8, 4) is 5.75 Å². The highest BCUT2D eigenvalue weighted by atomic mass is 16.5. The average Bonchev–Trinajstić information content (AvgIpc) is 3.19. The maximum absolute atomic E-state index is 12.6. The van der Waals surface area contributed by atoms with Gasteiger partial charge in [0, 0.05) is 52.1 Å². The summed E-state index contributed by atoms with van der Waals surface area (Å²) in [6, 6.07) is 0.0549. The first kappa shape index (κ1) is 19.6. The van der Waals surface area contributed by atoms with Crippen LogP contribution in [0.25, 0.3) is 0 Å². The maximum Gasteiger partial charge on any atom is 0.297 e. The number of rotatable bonds is 5. The summed E-state index contributed by atoms with van der Waals surface area (Å²) in [4.78, 5) is 44.4. The quantitative estimate of drug-likeness (QED) is 0.727. The molecule has 0 aliphatic carbocycles. The molecule has 1 aliphatic rings. The van der Waals surface area contributed by atoms with Crippen molar-refractivity contribution in [2.24, 2.45) is 7.05 Å². The van der Waals surface area contributed by atoms with Crippen molar-refractivity contribution in [2.45, 2.75) is 32.2 Å². The van der Waals surface area contributed by atoms with Crippen molar-refractivity contribution in [2.75, 3.05) is 25.0 Å². The predicted octanol–water partition coefficient (Wildman–Crippen LogP) is 0.346. The van der Waals surface area contributed by atoms with Crippen molar-refractivity contribution >= 4 is 17.6 Å². The van der Waals surface area contributed by atoms with Gasteiger partial charge in [-0.2, -0.15) is 0 Å². The number of aromatic hydroxyl groups is 1. The van der Waals surface area contributed by atoms with Crippen LogP contribution >= 0.6 is 0 Å². The van der Waals surface area contributed by atoms with E-state index in [-0.39, 0.29) is 30.0 Å². The van der Waals surface area contributed by atoms with E-state index in [9.17, 15) is 19.5 Å². The first-order chi connectivity index (χ1) is 13.3. The minimum absolute atomic E-state index is 0.0397. The Morgan fingerprint density at radius 3 is 2.61 bits per heavy atom. The molecule has 150 valence electrons. The molecule has 3 rings (SSSR count). The van der Waals surface area contributed by atoms with Crippen molar-refractivity contribution in [1.82, 2.24) is 19.6 Å². The normalized spacial score (nSPS) is 14.9. The summed E-state index contributed by atoms with van der Waals surface area (Å²) in [5.74, 6) is -0.845. The molecule has 10 nitrogen and oxygen atoms in total. The van der Waals surface area contributed by atoms with Crippen LogP contribution in [0.5, 0.6) is 5.75 Å². The van der Waals surface area contributed by atoms with Gasteiger partial charge >= 0.3 is 0 Å². The van der Waals surface area contributed by atoms with Gasteiger partial charge in [-0.15, -0.1) is 0 Å². The first-order valence-electron chi connectivity index (χ1n) is 8.99. The van der Waals surface area contributed by atoms with E-state index in [0.29, 0.717) is 18.7 Å². The van der Waals surface area contributed by atoms with Crippen LogP contribution in [0.1, 0.15) is 35.8 Å². The molecule has 0 aromatic carbocycles. The number of aromatic nitrogens is 3. The molecule has 1 fully saturated rings. The molecule has 28 heavy (non-hydrogen) atoms. The van der Waals surface area contributed by atoms with E-state index in [1.807, 2.05) is 4.90 Å². The molecular weight excluding hydrogens is 366 g/mol. The smallest absolute Gasteiger partial charge is 0.297 e. The third kappa shape index (κ3) is 3.75. The summed E-state index contributed by atoms with van der Waals surface area (Å²) >= 11 is 0. The van der Waals surface area contributed by atoms with Gasteiger partial charge in [0.15, 0.2) is 11.5 Å². The number of amides is 1. The Morgan fingerprint density at radius 2 is 2.04 bits per heavy atom. The first-order valence-corrected chi connectivity index (χ1v) is 8.99. The maximum atomic E-state index is 12.6. The van der Waals surface area contributed by atoms with Crippen LogP contribution in [0.4, 0.5) is 5.95 Å². The zero-order valence-electron chi connectivity index (χ0n) is 16.1. The van der Waals surface area contributed by atoms with Crippen LogP contribution < -0.4 is 10.5 Å². The Balaban J connectivity index is 1.86. The number of hydrogen-bond donors (Lipinski definition) is 1. The molecule has 1 aliphatic heterocycles. The molecule has 2 aromatic rings. The third-order valence-corrected chi connectivity index (χ3v) is 5.13. The van der Waals surface area contributed by atoms with E-state index in [2.05, 4.69) is 10.1 Å². The van der Waals surface area contributed by atoms with Crippen molar-refractivity contribution < 1.29 is 19.2 Å². The van der Waals surface area contributed by atoms with Gasteiger partial charge in [-0.25, -0.2) is 4.98 Å². The molecule has 0 radical (unpaired) electrons. The molecule has 3 heterocycles. The lowest BCUT2D eigenvalue weighted by Crippen LogP contribution is -2.46. The Kier molecular flexibility index (Phi) is 5.48. The van der Waals surface area contributed by atoms with Gasteiger partial charge in [0.05, 0.1) is 6.20 Å². The average molecular weight is 389 g/mol. The van der Waals surface area contributed by atoms with Gasteiger partial charge in [0.2, 0.25) is 17.6 Å². The number of likely N-dealkylation sites (tertiary alicyclic amines) is 1. The fourth-order valence-electron chi connectivity index (χ4n) is 3.40. The summed E-state index contributed by atoms with van der Waals surface area (Å²) < 4.78 is 5.93. The molecule has 1 N–H and O–H groups in total. The number of carbonyl (C=O) groups excluding carboxylic acids is 2. The van der Waals surface area contributed by atoms with E-state index in [1.165, 1.54) is 24.1 Å². The molecule has 0 unspecified atom stereocenters. The SMILES string of the molecule is CC(=O)N1CCC(N(C)c2nc(C(=O)Cc3cnoc3)c(O)c(=O)n2C)CC1. The predicted molar refractivity (Wildman–Crippen MR) is 99.4 cm³/mol. The van der Waals surface area contributed by atoms with Gasteiger partial charge in [0.1, 0.15) is 6.26 Å². The summed E-state index contributed by atoms with van der Waals surface area (Å²) in [7, 11) is 3.29. The highest BCUT2D eigenvalue weighted by Crippen LogP contribution is 2.22. The second kappa shape index (κ2) is 7.83. The molecule has 0 atom stereocenters. The van der Waals surface area contributed by atoms with Crippen LogP contribution in [0.15, 0.2) is 21.8 Å². The van der Waals surface area contributed by atoms with Crippen LogP contribution in [-0.4, -0.2) is 62.6 Å². The standard InChI is InChI=1S/C18H23N5O5/c1-11(24)23-6-4-13(5-7-23)21(2)18-20-15(16(26)17(27)22(18)3)14(25)8-12-9-19-28-10-12/h9-10,13,26H,4-8H2,1-3H3. The van der Waals surface area contributed by atoms with E-state index in [1.54, 1.807) is 18.9 Å². The molecular formula is C18H23N5O5. The summed E-state index contributed by atoms with van der Waals surface area (Å²) in [6.07, 6.45) is 4.07. The number of piperidine rings is 1. The highest BCUT2D eigenvalue weighted by Gasteiger charge is 2.28. The Labute approximate surface area is 161 Å². The molecule has 10 heteroatoms. The van der Waals surface area contributed by atoms with Gasteiger partial charge in [-0.3, -0.25) is 19.0 Å². The van der Waals surface area contributed by atoms with Crippen molar-refractivity contribution in [3.05, 3.63) is 34.1 Å². The molecule has 1 saturated heterocycles. The second-order valence-corrected chi connectivity index (χ2v) is 6.95. The van der Waals surface area contributed by atoms with Crippen LogP contribution in [-0.2, 0) is 18.3 Å². The molecule has 0 bridgehead atoms. The molecule has 2 aromatic heterocycles. The van der Waals surface area contributed by atoms with Gasteiger partial charge in [-0.1, -0.05) is 5.16 Å². The third-order valence-electron chi connectivity index (χ3n) is 5.13. The van der Waals surface area contributed by atoms with Crippen molar-refractivity contribution in [1.29, 1.82) is 0 Å². The van der Waals surface area contributed by atoms with Crippen molar-refractivity contribution in [3.63, 3.8) is 0 Å². The molecule has 0 saturated carbocycles. The largest absolute Gasteiger partial charge is 0.501 e. The number of Topliss-reactive ketones (excluding diaryl/α,β-unsaturated/α-hetero) is 1. The number of hydrogen-bond acceptors (Lipinski definition) is 8. The van der Waals surface area contributed by atoms with Crippen LogP contribution in [0, 0.1) is 0 Å². The van der Waals surface area contributed by atoms with Crippen LogP contribution in [0.3, 0.4) is 0 Å². The minimum Gasteiger partial charge on any atom is -0.501 e. The Morgan fingerprint density at radius 1 is 1.36 bits per heavy atom. The second-order valence-electron chi connectivity index (χ2n) is 6.95. The number of ketones is 1. The topological polar surface area (TPSA) is 122 Å². The van der Waals surface area contributed by atoms with E-state index in [4.69, 9.17) is 4.52 Å². The van der Waals surface area contributed by atoms with Gasteiger partial charge < -0.3 is 19.4 Å². The molecule has 1 amide bonds. The van der Waals surface area contributed by atoms with E-state index < -0.39 is 17.1 Å². The minimum atomic E-state index is -0.688. The number of nitrogens with zero attached hydrogens (tertiary/aromatic N) is 5. The lowest BCUT2D eigenvalue weighted by Gasteiger charge is -2.37. The van der Waals surface area contributed by atoms with Crippen LogP contribution in [0.2, 0.25) is 0 Å². The summed E-state index contributed by atoms with van der Waals surface area (Å²) in [5, 5.41) is 13.7. The highest BCUT2D eigenvalue weighted by molar-refractivity contribution is 5.98. The lowest BCUT2D eigenvalue weighted by molar-refractivity contribution is -0.129. The van der Waals surface area contributed by atoms with E-state index >= 15 is 0 Å². The fraction of sp³-hybridized carbons (Fsp3) is 0.500. The van der Waals surface area contributed by atoms with Gasteiger partial charge in [0.25, 0.3) is 5.56 Å². The van der Waals surface area contributed by atoms with E-state index in [0.717, 1.165) is 12.8 Å². The lowest BCUT2D eigenvalue weighted by atomic mass is 10.0.